The third-order valence-electron chi connectivity index (χ3n) is 7.15. The maximum atomic E-state index is 14.7. The zero-order valence-corrected chi connectivity index (χ0v) is 24.4. The molecule has 14 heteroatoms. The summed E-state index contributed by atoms with van der Waals surface area (Å²) in [6.45, 7) is 4.63. The highest BCUT2D eigenvalue weighted by atomic mass is 19.1. The fourth-order valence-electron chi connectivity index (χ4n) is 4.93. The smallest absolute Gasteiger partial charge is 0.243 e. The Bertz CT molecular complexity index is 1570. The monoisotopic (exact) mass is 606 g/mol. The zero-order chi connectivity index (χ0) is 30.9. The van der Waals surface area contributed by atoms with Gasteiger partial charge in [-0.25, -0.2) is 14.4 Å². The van der Waals surface area contributed by atoms with Gasteiger partial charge in [0.2, 0.25) is 11.8 Å². The van der Waals surface area contributed by atoms with Crippen molar-refractivity contribution in [3.8, 4) is 28.4 Å². The molecular formula is C30H35FN8O5. The van der Waals surface area contributed by atoms with Crippen LogP contribution in [0.1, 0.15) is 0 Å². The van der Waals surface area contributed by atoms with Crippen LogP contribution in [0.4, 0.5) is 10.1 Å². The lowest BCUT2D eigenvalue weighted by Gasteiger charge is -2.35. The van der Waals surface area contributed by atoms with Gasteiger partial charge in [-0.2, -0.15) is 5.10 Å². The normalized spacial score (nSPS) is 13.7. The van der Waals surface area contributed by atoms with Crippen LogP contribution in [0.2, 0.25) is 0 Å². The van der Waals surface area contributed by atoms with Gasteiger partial charge in [0, 0.05) is 44.0 Å². The number of carbonyl (C=O) groups excluding carboxylic acids is 2. The van der Waals surface area contributed by atoms with Crippen LogP contribution in [-0.2, 0) is 19.1 Å². The van der Waals surface area contributed by atoms with Crippen LogP contribution in [0.5, 0.6) is 5.75 Å². The molecule has 5 rings (SSSR count). The Balaban J connectivity index is 1.12. The Morgan fingerprint density at radius 3 is 2.57 bits per heavy atom. The molecule has 0 atom stereocenters. The molecule has 2 aromatic carbocycles. The van der Waals surface area contributed by atoms with E-state index >= 15 is 0 Å². The number of halogens is 1. The number of carbonyl (C=O) groups is 2. The van der Waals surface area contributed by atoms with Gasteiger partial charge in [0.15, 0.2) is 5.82 Å². The van der Waals surface area contributed by atoms with E-state index in [0.29, 0.717) is 48.8 Å². The summed E-state index contributed by atoms with van der Waals surface area (Å²) in [4.78, 5) is 36.3. The van der Waals surface area contributed by atoms with E-state index in [1.807, 2.05) is 24.3 Å². The number of nitrogens with zero attached hydrogens (tertiary/aromatic N) is 5. The standard InChI is InChI=1S/C30H35FN8O5/c1-42-24-4-2-3-22(31)27(24)30-34-17-23-29(35-30)28(37-36-23)20-5-7-21(8-6-20)39-12-10-38(11-13-39)18-26(41)33-9-14-43-15-16-44-19-25(32)40/h2-8,17H,9-16,18-19H2,1H3,(H2,32,40)(H,33,41)(H,36,37). The molecule has 13 nitrogen and oxygen atoms in total. The SMILES string of the molecule is COc1cccc(F)c1-c1ncc2[nH]nc(-c3ccc(N4CCN(CC(=O)NCCOCCOCC(N)=O)CC4)cc3)c2n1. The molecule has 1 aliphatic rings. The van der Waals surface area contributed by atoms with Gasteiger partial charge < -0.3 is 30.2 Å². The Kier molecular flexibility index (Phi) is 10.3. The third-order valence-corrected chi connectivity index (χ3v) is 7.15. The summed E-state index contributed by atoms with van der Waals surface area (Å²) >= 11 is 0. The minimum Gasteiger partial charge on any atom is -0.496 e. The number of anilines is 1. The molecule has 0 bridgehead atoms. The lowest BCUT2D eigenvalue weighted by atomic mass is 10.1. The van der Waals surface area contributed by atoms with Crippen molar-refractivity contribution in [1.82, 2.24) is 30.4 Å². The van der Waals surface area contributed by atoms with Gasteiger partial charge >= 0.3 is 0 Å². The molecule has 0 spiro atoms. The average Bonchev–Trinajstić information content (AvgIpc) is 3.46. The van der Waals surface area contributed by atoms with Crippen LogP contribution in [0, 0.1) is 5.82 Å². The number of hydrogen-bond acceptors (Lipinski definition) is 10. The van der Waals surface area contributed by atoms with Crippen LogP contribution in [0.3, 0.4) is 0 Å². The van der Waals surface area contributed by atoms with Gasteiger partial charge in [0.1, 0.15) is 34.9 Å². The van der Waals surface area contributed by atoms with Crippen LogP contribution < -0.4 is 20.7 Å². The molecule has 0 saturated carbocycles. The zero-order valence-electron chi connectivity index (χ0n) is 24.4. The molecule has 0 radical (unpaired) electrons. The number of methoxy groups -OCH3 is 1. The number of ether oxygens (including phenoxy) is 3. The molecule has 4 aromatic rings. The van der Waals surface area contributed by atoms with Crippen molar-refractivity contribution in [3.05, 3.63) is 54.5 Å². The van der Waals surface area contributed by atoms with E-state index in [0.717, 1.165) is 37.4 Å². The number of rotatable bonds is 14. The quantitative estimate of drug-likeness (QED) is 0.180. The van der Waals surface area contributed by atoms with Crippen LogP contribution in [0.25, 0.3) is 33.7 Å². The van der Waals surface area contributed by atoms with Crippen molar-refractivity contribution in [2.24, 2.45) is 5.73 Å². The lowest BCUT2D eigenvalue weighted by Crippen LogP contribution is -2.49. The number of fused-ring (bicyclic) bond motifs is 1. The van der Waals surface area contributed by atoms with Crippen molar-refractivity contribution >= 4 is 28.5 Å². The number of hydrogen-bond donors (Lipinski definition) is 3. The number of nitrogens with one attached hydrogen (secondary N) is 2. The molecule has 0 aliphatic carbocycles. The molecular weight excluding hydrogens is 571 g/mol. The number of aromatic amines is 1. The minimum atomic E-state index is -0.522. The van der Waals surface area contributed by atoms with Crippen molar-refractivity contribution in [3.63, 3.8) is 0 Å². The summed E-state index contributed by atoms with van der Waals surface area (Å²) in [7, 11) is 1.48. The first-order valence-corrected chi connectivity index (χ1v) is 14.2. The predicted octanol–water partition coefficient (Wildman–Crippen LogP) is 1.59. The number of nitrogens with two attached hydrogens (primary N) is 1. The van der Waals surface area contributed by atoms with Gasteiger partial charge in [0.25, 0.3) is 0 Å². The van der Waals surface area contributed by atoms with Gasteiger partial charge in [0.05, 0.1) is 45.2 Å². The molecule has 232 valence electrons. The number of benzene rings is 2. The number of primary amides is 1. The summed E-state index contributed by atoms with van der Waals surface area (Å²) in [6, 6.07) is 12.7. The van der Waals surface area contributed by atoms with Crippen LogP contribution in [0.15, 0.2) is 48.7 Å². The number of amides is 2. The van der Waals surface area contributed by atoms with E-state index in [9.17, 15) is 14.0 Å². The summed E-state index contributed by atoms with van der Waals surface area (Å²) in [5.74, 6) is -0.470. The molecule has 2 amide bonds. The molecule has 1 saturated heterocycles. The molecule has 1 fully saturated rings. The first-order chi connectivity index (χ1) is 21.4. The molecule has 1 aliphatic heterocycles. The highest BCUT2D eigenvalue weighted by molar-refractivity contribution is 5.90. The number of H-pyrrole nitrogens is 1. The van der Waals surface area contributed by atoms with E-state index in [4.69, 9.17) is 19.9 Å². The number of aromatic nitrogens is 4. The average molecular weight is 607 g/mol. The second-order valence-electron chi connectivity index (χ2n) is 10.1. The fraction of sp³-hybridized carbons (Fsp3) is 0.367. The maximum absolute atomic E-state index is 14.7. The first-order valence-electron chi connectivity index (χ1n) is 14.2. The highest BCUT2D eigenvalue weighted by Gasteiger charge is 2.21. The van der Waals surface area contributed by atoms with Gasteiger partial charge in [-0.15, -0.1) is 0 Å². The van der Waals surface area contributed by atoms with Crippen molar-refractivity contribution < 1.29 is 28.2 Å². The Morgan fingerprint density at radius 1 is 1.05 bits per heavy atom. The second-order valence-corrected chi connectivity index (χ2v) is 10.1. The Hall–Kier alpha value is -4.66. The topological polar surface area (TPSA) is 161 Å². The minimum absolute atomic E-state index is 0.0528. The Labute approximate surface area is 253 Å². The van der Waals surface area contributed by atoms with Gasteiger partial charge in [-0.3, -0.25) is 19.6 Å². The lowest BCUT2D eigenvalue weighted by molar-refractivity contribution is -0.124. The van der Waals surface area contributed by atoms with Crippen LogP contribution in [-0.4, -0.2) is 110 Å². The van der Waals surface area contributed by atoms with Crippen molar-refractivity contribution in [1.29, 1.82) is 0 Å². The van der Waals surface area contributed by atoms with E-state index < -0.39 is 11.7 Å². The number of piperazine rings is 1. The molecule has 4 N–H and O–H groups in total. The summed E-state index contributed by atoms with van der Waals surface area (Å²) in [6.07, 6.45) is 1.59. The first kappa shape index (κ1) is 30.8. The Morgan fingerprint density at radius 2 is 1.82 bits per heavy atom. The van der Waals surface area contributed by atoms with Crippen molar-refractivity contribution in [2.45, 2.75) is 0 Å². The van der Waals surface area contributed by atoms with Gasteiger partial charge in [-0.1, -0.05) is 18.2 Å². The molecule has 0 unspecified atom stereocenters. The molecule has 44 heavy (non-hydrogen) atoms. The molecule has 3 heterocycles. The highest BCUT2D eigenvalue weighted by Crippen LogP contribution is 2.33. The van der Waals surface area contributed by atoms with E-state index in [2.05, 4.69) is 35.3 Å². The van der Waals surface area contributed by atoms with Crippen LogP contribution >= 0.6 is 0 Å². The summed E-state index contributed by atoms with van der Waals surface area (Å²) in [5.41, 5.74) is 8.99. The fourth-order valence-corrected chi connectivity index (χ4v) is 4.93. The summed E-state index contributed by atoms with van der Waals surface area (Å²) < 4.78 is 30.4. The predicted molar refractivity (Wildman–Crippen MR) is 162 cm³/mol. The van der Waals surface area contributed by atoms with E-state index in [1.165, 1.54) is 13.2 Å². The van der Waals surface area contributed by atoms with Gasteiger partial charge in [-0.05, 0) is 24.3 Å². The van der Waals surface area contributed by atoms with E-state index in [1.54, 1.807) is 18.3 Å². The third kappa shape index (κ3) is 7.64. The molecule has 2 aromatic heterocycles. The van der Waals surface area contributed by atoms with E-state index in [-0.39, 0.29) is 30.5 Å². The maximum Gasteiger partial charge on any atom is 0.243 e. The second kappa shape index (κ2) is 14.7. The summed E-state index contributed by atoms with van der Waals surface area (Å²) in [5, 5.41) is 10.3. The van der Waals surface area contributed by atoms with Crippen molar-refractivity contribution in [2.75, 3.05) is 77.7 Å². The largest absolute Gasteiger partial charge is 0.496 e.